The molecule has 5 heteroatoms. The fraction of sp³-hybridized carbons (Fsp3) is 0.350. The number of nitrogens with zero attached hydrogens (tertiary/aromatic N) is 1. The van der Waals surface area contributed by atoms with E-state index >= 15 is 0 Å². The third-order valence-corrected chi connectivity index (χ3v) is 3.69. The van der Waals surface area contributed by atoms with Crippen molar-refractivity contribution in [1.82, 2.24) is 4.90 Å². The predicted octanol–water partition coefficient (Wildman–Crippen LogP) is 4.28. The first-order valence-electron chi connectivity index (χ1n) is 8.33. The van der Waals surface area contributed by atoms with Crippen molar-refractivity contribution in [2.45, 2.75) is 33.1 Å². The summed E-state index contributed by atoms with van der Waals surface area (Å²) in [6, 6.07) is 15.2. The molecule has 0 bridgehead atoms. The van der Waals surface area contributed by atoms with Gasteiger partial charge in [0.15, 0.2) is 0 Å². The summed E-state index contributed by atoms with van der Waals surface area (Å²) in [5.74, 6) is 0.802. The molecule has 0 aliphatic carbocycles. The number of benzene rings is 2. The summed E-state index contributed by atoms with van der Waals surface area (Å²) >= 11 is 0. The van der Waals surface area contributed by atoms with Crippen LogP contribution in [-0.4, -0.2) is 31.2 Å². The molecular formula is C20H26N2O3. The molecule has 0 aliphatic rings. The van der Waals surface area contributed by atoms with Crippen molar-refractivity contribution in [2.75, 3.05) is 19.5 Å². The van der Waals surface area contributed by atoms with Crippen LogP contribution in [0, 0.1) is 0 Å². The van der Waals surface area contributed by atoms with Crippen LogP contribution in [0.3, 0.4) is 0 Å². The molecule has 0 aliphatic heterocycles. The number of hydrogen-bond acceptors (Lipinski definition) is 3. The van der Waals surface area contributed by atoms with Crippen LogP contribution < -0.4 is 10.1 Å². The van der Waals surface area contributed by atoms with Crippen molar-refractivity contribution in [1.29, 1.82) is 0 Å². The largest absolute Gasteiger partial charge is 0.497 e. The molecular weight excluding hydrogens is 316 g/mol. The molecule has 134 valence electrons. The Balaban J connectivity index is 1.92. The average molecular weight is 342 g/mol. The van der Waals surface area contributed by atoms with Crippen LogP contribution in [0.5, 0.6) is 5.75 Å². The minimum Gasteiger partial charge on any atom is -0.497 e. The second-order valence-electron chi connectivity index (χ2n) is 6.19. The van der Waals surface area contributed by atoms with Crippen LogP contribution in [-0.2, 0) is 17.9 Å². The van der Waals surface area contributed by atoms with E-state index in [0.29, 0.717) is 13.2 Å². The summed E-state index contributed by atoms with van der Waals surface area (Å²) in [6.45, 7) is 5.05. The summed E-state index contributed by atoms with van der Waals surface area (Å²) < 4.78 is 10.7. The number of rotatable bonds is 7. The summed E-state index contributed by atoms with van der Waals surface area (Å²) in [6.07, 6.45) is 0.175. The van der Waals surface area contributed by atoms with Crippen molar-refractivity contribution in [3.63, 3.8) is 0 Å². The number of urea groups is 1. The van der Waals surface area contributed by atoms with Crippen LogP contribution in [0.1, 0.15) is 25.0 Å². The van der Waals surface area contributed by atoms with Crippen LogP contribution >= 0.6 is 0 Å². The zero-order chi connectivity index (χ0) is 18.2. The molecule has 0 radical (unpaired) electrons. The van der Waals surface area contributed by atoms with Gasteiger partial charge in [-0.3, -0.25) is 0 Å². The molecule has 25 heavy (non-hydrogen) atoms. The molecule has 0 saturated heterocycles. The Morgan fingerprint density at radius 2 is 1.84 bits per heavy atom. The van der Waals surface area contributed by atoms with Crippen molar-refractivity contribution >= 4 is 11.7 Å². The molecule has 2 aromatic rings. The molecule has 2 rings (SSSR count). The van der Waals surface area contributed by atoms with Crippen LogP contribution in [0.15, 0.2) is 48.5 Å². The molecule has 0 aromatic heterocycles. The second kappa shape index (κ2) is 9.08. The van der Waals surface area contributed by atoms with E-state index < -0.39 is 0 Å². The first-order valence-corrected chi connectivity index (χ1v) is 8.33. The fourth-order valence-electron chi connectivity index (χ4n) is 2.30. The van der Waals surface area contributed by atoms with E-state index in [9.17, 15) is 4.79 Å². The van der Waals surface area contributed by atoms with E-state index in [-0.39, 0.29) is 12.1 Å². The fourth-order valence-corrected chi connectivity index (χ4v) is 2.30. The number of amides is 2. The normalized spacial score (nSPS) is 10.6. The van der Waals surface area contributed by atoms with Gasteiger partial charge < -0.3 is 19.7 Å². The Morgan fingerprint density at radius 3 is 2.48 bits per heavy atom. The Bertz CT molecular complexity index is 684. The summed E-state index contributed by atoms with van der Waals surface area (Å²) in [4.78, 5) is 14.0. The Kier molecular flexibility index (Phi) is 6.83. The lowest BCUT2D eigenvalue weighted by Crippen LogP contribution is -2.30. The molecule has 1 N–H and O–H groups in total. The van der Waals surface area contributed by atoms with Crippen molar-refractivity contribution in [3.05, 3.63) is 59.7 Å². The van der Waals surface area contributed by atoms with Crippen LogP contribution in [0.25, 0.3) is 0 Å². The first-order chi connectivity index (χ1) is 12.0. The molecule has 0 atom stereocenters. The van der Waals surface area contributed by atoms with Crippen molar-refractivity contribution in [2.24, 2.45) is 0 Å². The quantitative estimate of drug-likeness (QED) is 0.817. The van der Waals surface area contributed by atoms with Crippen molar-refractivity contribution in [3.8, 4) is 5.75 Å². The van der Waals surface area contributed by atoms with Gasteiger partial charge in [-0.1, -0.05) is 24.3 Å². The molecule has 5 nitrogen and oxygen atoms in total. The van der Waals surface area contributed by atoms with E-state index in [1.807, 2.05) is 62.4 Å². The SMILES string of the molecule is COc1ccc(CN(C)C(=O)Nc2cccc(COC(C)C)c2)cc1. The first kappa shape index (κ1) is 18.8. The number of ether oxygens (including phenoxy) is 2. The molecule has 0 unspecified atom stereocenters. The lowest BCUT2D eigenvalue weighted by molar-refractivity contribution is 0.0657. The minimum atomic E-state index is -0.155. The number of methoxy groups -OCH3 is 1. The molecule has 0 heterocycles. The van der Waals surface area contributed by atoms with Gasteiger partial charge in [-0.05, 0) is 49.2 Å². The smallest absolute Gasteiger partial charge is 0.321 e. The monoisotopic (exact) mass is 342 g/mol. The van der Waals surface area contributed by atoms with Gasteiger partial charge in [0, 0.05) is 19.3 Å². The maximum Gasteiger partial charge on any atom is 0.321 e. The topological polar surface area (TPSA) is 50.8 Å². The van der Waals surface area contributed by atoms with E-state index in [1.54, 1.807) is 19.1 Å². The van der Waals surface area contributed by atoms with E-state index in [0.717, 1.165) is 22.6 Å². The number of nitrogens with one attached hydrogen (secondary N) is 1. The predicted molar refractivity (Wildman–Crippen MR) is 99.8 cm³/mol. The molecule has 2 amide bonds. The van der Waals surface area contributed by atoms with Gasteiger partial charge in [0.05, 0.1) is 19.8 Å². The van der Waals surface area contributed by atoms with Gasteiger partial charge >= 0.3 is 6.03 Å². The van der Waals surface area contributed by atoms with Gasteiger partial charge in [-0.25, -0.2) is 4.79 Å². The second-order valence-corrected chi connectivity index (χ2v) is 6.19. The lowest BCUT2D eigenvalue weighted by atomic mass is 10.2. The minimum absolute atomic E-state index is 0.155. The molecule has 0 saturated carbocycles. The van der Waals surface area contributed by atoms with Gasteiger partial charge in [0.25, 0.3) is 0 Å². The summed E-state index contributed by atoms with van der Waals surface area (Å²) in [5.41, 5.74) is 2.83. The van der Waals surface area contributed by atoms with Gasteiger partial charge in [-0.15, -0.1) is 0 Å². The average Bonchev–Trinajstić information content (AvgIpc) is 2.61. The highest BCUT2D eigenvalue weighted by atomic mass is 16.5. The van der Waals surface area contributed by atoms with Gasteiger partial charge in [0.2, 0.25) is 0 Å². The summed E-state index contributed by atoms with van der Waals surface area (Å²) in [7, 11) is 3.40. The highest BCUT2D eigenvalue weighted by Crippen LogP contribution is 2.15. The molecule has 2 aromatic carbocycles. The molecule has 0 fully saturated rings. The maximum atomic E-state index is 12.4. The standard InChI is InChI=1S/C20H26N2O3/c1-15(2)25-14-17-6-5-7-18(12-17)21-20(23)22(3)13-16-8-10-19(24-4)11-9-16/h5-12,15H,13-14H2,1-4H3,(H,21,23). The van der Waals surface area contributed by atoms with Gasteiger partial charge in [-0.2, -0.15) is 0 Å². The number of anilines is 1. The van der Waals surface area contributed by atoms with Crippen molar-refractivity contribution < 1.29 is 14.3 Å². The van der Waals surface area contributed by atoms with Crippen LogP contribution in [0.4, 0.5) is 10.5 Å². The van der Waals surface area contributed by atoms with Crippen LogP contribution in [0.2, 0.25) is 0 Å². The lowest BCUT2D eigenvalue weighted by Gasteiger charge is -2.18. The zero-order valence-electron chi connectivity index (χ0n) is 15.3. The molecule has 0 spiro atoms. The highest BCUT2D eigenvalue weighted by molar-refractivity contribution is 5.89. The van der Waals surface area contributed by atoms with E-state index in [2.05, 4.69) is 5.32 Å². The number of hydrogen-bond donors (Lipinski definition) is 1. The third kappa shape index (κ3) is 6.12. The number of carbonyl (C=O) groups excluding carboxylic acids is 1. The third-order valence-electron chi connectivity index (χ3n) is 3.69. The number of carbonyl (C=O) groups is 1. The Hall–Kier alpha value is -2.53. The Morgan fingerprint density at radius 1 is 1.12 bits per heavy atom. The van der Waals surface area contributed by atoms with E-state index in [4.69, 9.17) is 9.47 Å². The maximum absolute atomic E-state index is 12.4. The van der Waals surface area contributed by atoms with Gasteiger partial charge in [0.1, 0.15) is 5.75 Å². The Labute approximate surface area is 149 Å². The zero-order valence-corrected chi connectivity index (χ0v) is 15.3. The highest BCUT2D eigenvalue weighted by Gasteiger charge is 2.10. The summed E-state index contributed by atoms with van der Waals surface area (Å²) in [5, 5.41) is 2.92. The van der Waals surface area contributed by atoms with E-state index in [1.165, 1.54) is 0 Å².